The molecular formula is C12H18BFNO3+. The normalized spacial score (nSPS) is 19.0. The minimum Gasteiger partial charge on any atom is -0.385 e. The summed E-state index contributed by atoms with van der Waals surface area (Å²) in [5, 5.41) is 0. The van der Waals surface area contributed by atoms with E-state index in [4.69, 9.17) is 14.0 Å². The van der Waals surface area contributed by atoms with E-state index in [-0.39, 0.29) is 17.8 Å². The monoisotopic (exact) mass is 254 g/mol. The van der Waals surface area contributed by atoms with Crippen LogP contribution in [0, 0.1) is 11.2 Å². The van der Waals surface area contributed by atoms with E-state index < -0.39 is 7.32 Å². The van der Waals surface area contributed by atoms with Gasteiger partial charge in [-0.25, -0.2) is 4.39 Å². The van der Waals surface area contributed by atoms with Gasteiger partial charge in [0.05, 0.1) is 6.61 Å². The average molecular weight is 254 g/mol. The smallest absolute Gasteiger partial charge is 0.385 e. The molecule has 6 heteroatoms. The van der Waals surface area contributed by atoms with E-state index in [9.17, 15) is 4.39 Å². The predicted octanol–water partition coefficient (Wildman–Crippen LogP) is 1.27. The maximum absolute atomic E-state index is 13.1. The van der Waals surface area contributed by atoms with Crippen LogP contribution < -0.4 is 5.73 Å². The average Bonchev–Trinajstić information content (AvgIpc) is 2.32. The first-order valence-corrected chi connectivity index (χ1v) is 5.91. The number of rotatable bonds is 3. The highest BCUT2D eigenvalue weighted by Crippen LogP contribution is 2.22. The van der Waals surface area contributed by atoms with Gasteiger partial charge in [-0.15, -0.1) is 0 Å². The van der Waals surface area contributed by atoms with Gasteiger partial charge in [0.15, 0.2) is 0 Å². The molecule has 0 amide bonds. The number of halogens is 1. The molecule has 0 unspecified atom stereocenters. The lowest BCUT2D eigenvalue weighted by atomic mass is 9.93. The maximum atomic E-state index is 13.1. The Hall–Kier alpha value is -0.945. The summed E-state index contributed by atoms with van der Waals surface area (Å²) in [7, 11) is -0.680. The third-order valence-electron chi connectivity index (χ3n) is 2.76. The van der Waals surface area contributed by atoms with Crippen molar-refractivity contribution >= 4 is 13.0 Å². The van der Waals surface area contributed by atoms with E-state index in [0.717, 1.165) is 5.69 Å². The van der Waals surface area contributed by atoms with E-state index in [2.05, 4.69) is 19.6 Å². The Morgan fingerprint density at radius 2 is 2.06 bits per heavy atom. The van der Waals surface area contributed by atoms with Crippen LogP contribution in [0.15, 0.2) is 18.2 Å². The van der Waals surface area contributed by atoms with E-state index in [1.165, 1.54) is 12.1 Å². The molecule has 1 heterocycles. The first-order valence-electron chi connectivity index (χ1n) is 5.91. The second-order valence-corrected chi connectivity index (χ2v) is 5.30. The molecule has 1 aliphatic rings. The van der Waals surface area contributed by atoms with Gasteiger partial charge in [0.25, 0.3) is 0 Å². The van der Waals surface area contributed by atoms with E-state index >= 15 is 0 Å². The molecule has 1 aromatic carbocycles. The molecule has 0 radical (unpaired) electrons. The standard InChI is InChI=1S/C12H17BFNO3/c1-12(2)7-17-13(18-8-12)16-6-9-5-10(14)3-4-11(9)15/h3-5H,6-8,15H2,1-2H3/p+1. The van der Waals surface area contributed by atoms with Crippen LogP contribution in [0.1, 0.15) is 19.4 Å². The summed E-state index contributed by atoms with van der Waals surface area (Å²) >= 11 is 0. The van der Waals surface area contributed by atoms with Crippen molar-refractivity contribution < 1.29 is 24.1 Å². The lowest BCUT2D eigenvalue weighted by molar-refractivity contribution is -0.256. The van der Waals surface area contributed by atoms with Crippen molar-refractivity contribution in [2.75, 3.05) is 13.2 Å². The summed E-state index contributed by atoms with van der Waals surface area (Å²) in [6, 6.07) is 4.41. The summed E-state index contributed by atoms with van der Waals surface area (Å²) in [6.45, 7) is 5.51. The molecule has 0 atom stereocenters. The van der Waals surface area contributed by atoms with Crippen LogP contribution in [0.3, 0.4) is 0 Å². The van der Waals surface area contributed by atoms with E-state index in [1.54, 1.807) is 6.07 Å². The Kier molecular flexibility index (Phi) is 4.02. The van der Waals surface area contributed by atoms with Crippen molar-refractivity contribution in [3.63, 3.8) is 0 Å². The number of hydrogen-bond acceptors (Lipinski definition) is 3. The van der Waals surface area contributed by atoms with Gasteiger partial charge in [-0.2, -0.15) is 0 Å². The number of benzene rings is 1. The van der Waals surface area contributed by atoms with Crippen molar-refractivity contribution in [2.24, 2.45) is 5.41 Å². The van der Waals surface area contributed by atoms with Gasteiger partial charge in [-0.3, -0.25) is 0 Å². The van der Waals surface area contributed by atoms with Gasteiger partial charge in [-0.05, 0) is 12.1 Å². The largest absolute Gasteiger partial charge is 0.639 e. The predicted molar refractivity (Wildman–Crippen MR) is 65.2 cm³/mol. The maximum Gasteiger partial charge on any atom is 0.639 e. The van der Waals surface area contributed by atoms with Crippen LogP contribution >= 0.6 is 0 Å². The third-order valence-corrected chi connectivity index (χ3v) is 2.76. The topological polar surface area (TPSA) is 55.3 Å². The Bertz CT molecular complexity index is 418. The summed E-state index contributed by atoms with van der Waals surface area (Å²) in [6.07, 6.45) is 0. The molecule has 18 heavy (non-hydrogen) atoms. The van der Waals surface area contributed by atoms with E-state index in [0.29, 0.717) is 18.8 Å². The Balaban J connectivity index is 1.87. The van der Waals surface area contributed by atoms with Gasteiger partial charge in [0.1, 0.15) is 11.5 Å². The van der Waals surface area contributed by atoms with Gasteiger partial charge in [0, 0.05) is 30.3 Å². The minimum atomic E-state index is -0.680. The molecule has 0 aromatic heterocycles. The van der Waals surface area contributed by atoms with Crippen LogP contribution in [0.2, 0.25) is 0 Å². The summed E-state index contributed by atoms with van der Waals surface area (Å²) in [4.78, 5) is 0. The van der Waals surface area contributed by atoms with Gasteiger partial charge in [-0.1, -0.05) is 13.8 Å². The van der Waals surface area contributed by atoms with Crippen LogP contribution in [-0.4, -0.2) is 20.5 Å². The molecular weight excluding hydrogens is 236 g/mol. The highest BCUT2D eigenvalue weighted by molar-refractivity contribution is 6.36. The fourth-order valence-corrected chi connectivity index (χ4v) is 1.66. The Labute approximate surface area is 106 Å². The lowest BCUT2D eigenvalue weighted by Crippen LogP contribution is -2.43. The molecule has 0 aliphatic carbocycles. The van der Waals surface area contributed by atoms with Crippen molar-refractivity contribution in [2.45, 2.75) is 20.5 Å². The summed E-state index contributed by atoms with van der Waals surface area (Å²) in [5.41, 5.74) is 5.27. The first kappa shape index (κ1) is 13.5. The zero-order valence-corrected chi connectivity index (χ0v) is 10.7. The molecule has 1 fully saturated rings. The van der Waals surface area contributed by atoms with Gasteiger partial charge in [0.2, 0.25) is 0 Å². The SMILES string of the molecule is CC1(C)COB(OCc2cc(F)ccc2[NH3+])OC1. The molecule has 3 N–H and O–H groups in total. The molecule has 2 rings (SSSR count). The van der Waals surface area contributed by atoms with Crippen molar-refractivity contribution in [1.82, 2.24) is 0 Å². The highest BCUT2D eigenvalue weighted by atomic mass is 19.1. The Morgan fingerprint density at radius 3 is 2.72 bits per heavy atom. The molecule has 0 bridgehead atoms. The van der Waals surface area contributed by atoms with Crippen LogP contribution in [-0.2, 0) is 20.6 Å². The number of quaternary nitrogens is 1. The second kappa shape index (κ2) is 5.36. The third kappa shape index (κ3) is 3.52. The molecule has 1 saturated heterocycles. The summed E-state index contributed by atoms with van der Waals surface area (Å²) in [5.74, 6) is -0.299. The zero-order valence-electron chi connectivity index (χ0n) is 10.7. The van der Waals surface area contributed by atoms with Crippen molar-refractivity contribution in [3.8, 4) is 0 Å². The lowest BCUT2D eigenvalue weighted by Gasteiger charge is -2.32. The molecule has 4 nitrogen and oxygen atoms in total. The number of hydrogen-bond donors (Lipinski definition) is 1. The quantitative estimate of drug-likeness (QED) is 0.826. The molecule has 0 saturated carbocycles. The molecule has 1 aromatic rings. The Morgan fingerprint density at radius 1 is 1.39 bits per heavy atom. The fraction of sp³-hybridized carbons (Fsp3) is 0.500. The second-order valence-electron chi connectivity index (χ2n) is 5.30. The van der Waals surface area contributed by atoms with E-state index in [1.807, 2.05) is 0 Å². The zero-order chi connectivity index (χ0) is 13.2. The fourth-order valence-electron chi connectivity index (χ4n) is 1.66. The minimum absolute atomic E-state index is 0.0101. The van der Waals surface area contributed by atoms with Crippen LogP contribution in [0.5, 0.6) is 0 Å². The van der Waals surface area contributed by atoms with Crippen molar-refractivity contribution in [3.05, 3.63) is 29.6 Å². The van der Waals surface area contributed by atoms with Crippen LogP contribution in [0.25, 0.3) is 0 Å². The van der Waals surface area contributed by atoms with Gasteiger partial charge < -0.3 is 19.7 Å². The highest BCUT2D eigenvalue weighted by Gasteiger charge is 2.34. The first-order chi connectivity index (χ1) is 8.46. The molecule has 98 valence electrons. The van der Waals surface area contributed by atoms with Crippen molar-refractivity contribution in [1.29, 1.82) is 0 Å². The molecule has 1 aliphatic heterocycles. The van der Waals surface area contributed by atoms with Gasteiger partial charge >= 0.3 is 7.32 Å². The van der Waals surface area contributed by atoms with Crippen LogP contribution in [0.4, 0.5) is 10.1 Å². The summed E-state index contributed by atoms with van der Waals surface area (Å²) < 4.78 is 29.4. The molecule has 0 spiro atoms.